The number of carbonyl (C=O) groups is 1. The number of piperazine rings is 1. The lowest BCUT2D eigenvalue weighted by molar-refractivity contribution is 0.0746. The summed E-state index contributed by atoms with van der Waals surface area (Å²) in [5.41, 5.74) is 3.12. The molecule has 0 atom stereocenters. The number of benzene rings is 2. The zero-order chi connectivity index (χ0) is 22.1. The molecule has 31 heavy (non-hydrogen) atoms. The quantitative estimate of drug-likeness (QED) is 0.624. The van der Waals surface area contributed by atoms with Crippen LogP contribution in [0.25, 0.3) is 5.69 Å². The van der Waals surface area contributed by atoms with Gasteiger partial charge >= 0.3 is 0 Å². The fourth-order valence-corrected chi connectivity index (χ4v) is 3.74. The maximum absolute atomic E-state index is 13.4. The van der Waals surface area contributed by atoms with E-state index in [1.807, 2.05) is 36.9 Å². The van der Waals surface area contributed by atoms with Gasteiger partial charge in [-0.25, -0.2) is 4.39 Å². The Morgan fingerprint density at radius 3 is 2.39 bits per heavy atom. The molecule has 1 aliphatic heterocycles. The number of nitrogens with zero attached hydrogens (tertiary/aromatic N) is 4. The summed E-state index contributed by atoms with van der Waals surface area (Å²) >= 11 is 5.81. The molecule has 8 heteroatoms. The lowest BCUT2D eigenvalue weighted by atomic mass is 10.1. The van der Waals surface area contributed by atoms with Gasteiger partial charge in [-0.1, -0.05) is 17.7 Å². The fourth-order valence-electron chi connectivity index (χ4n) is 3.56. The third-order valence-electron chi connectivity index (χ3n) is 5.58. The number of rotatable bonds is 3. The van der Waals surface area contributed by atoms with Crippen molar-refractivity contribution in [3.63, 3.8) is 0 Å². The van der Waals surface area contributed by atoms with Crippen LogP contribution in [0.15, 0.2) is 53.3 Å². The number of halogens is 2. The van der Waals surface area contributed by atoms with Crippen molar-refractivity contribution in [2.75, 3.05) is 31.1 Å². The molecular formula is C23H22ClFN4O2. The van der Waals surface area contributed by atoms with Gasteiger partial charge in [-0.05, 0) is 61.4 Å². The predicted molar refractivity (Wildman–Crippen MR) is 119 cm³/mol. The largest absolute Gasteiger partial charge is 0.352 e. The van der Waals surface area contributed by atoms with Gasteiger partial charge in [-0.15, -0.1) is 5.10 Å². The van der Waals surface area contributed by atoms with E-state index in [0.29, 0.717) is 37.6 Å². The number of amides is 1. The maximum Gasteiger partial charge on any atom is 0.271 e. The van der Waals surface area contributed by atoms with Gasteiger partial charge in [0.2, 0.25) is 0 Å². The Bertz CT molecular complexity index is 1200. The molecule has 0 radical (unpaired) electrons. The second-order valence-corrected chi connectivity index (χ2v) is 8.03. The zero-order valence-corrected chi connectivity index (χ0v) is 18.1. The van der Waals surface area contributed by atoms with Crippen LogP contribution in [0.1, 0.15) is 21.5 Å². The van der Waals surface area contributed by atoms with Crippen molar-refractivity contribution in [2.45, 2.75) is 13.8 Å². The topological polar surface area (TPSA) is 58.4 Å². The number of anilines is 1. The standard InChI is InChI=1S/C23H22ClFN4O2/c1-15-3-5-18(13-16(15)2)29-22(30)8-7-21(26-29)27-9-11-28(12-10-27)23(31)17-4-6-20(25)19(24)14-17/h3-8,13-14H,9-12H2,1-2H3. The van der Waals surface area contributed by atoms with Crippen molar-refractivity contribution in [2.24, 2.45) is 0 Å². The van der Waals surface area contributed by atoms with Gasteiger partial charge in [0.25, 0.3) is 11.5 Å². The molecule has 4 rings (SSSR count). The molecule has 0 saturated carbocycles. The van der Waals surface area contributed by atoms with Crippen LogP contribution in [0.4, 0.5) is 10.2 Å². The molecule has 0 spiro atoms. The monoisotopic (exact) mass is 440 g/mol. The number of carbonyl (C=O) groups excluding carboxylic acids is 1. The highest BCUT2D eigenvalue weighted by Crippen LogP contribution is 2.19. The second-order valence-electron chi connectivity index (χ2n) is 7.62. The highest BCUT2D eigenvalue weighted by molar-refractivity contribution is 6.31. The van der Waals surface area contributed by atoms with E-state index in [2.05, 4.69) is 5.10 Å². The van der Waals surface area contributed by atoms with Crippen LogP contribution in [-0.2, 0) is 0 Å². The molecule has 1 aromatic heterocycles. The van der Waals surface area contributed by atoms with E-state index in [0.717, 1.165) is 16.8 Å². The summed E-state index contributed by atoms with van der Waals surface area (Å²) in [7, 11) is 0. The lowest BCUT2D eigenvalue weighted by Gasteiger charge is -2.35. The third kappa shape index (κ3) is 4.32. The van der Waals surface area contributed by atoms with E-state index in [1.165, 1.54) is 28.9 Å². The van der Waals surface area contributed by atoms with Crippen molar-refractivity contribution >= 4 is 23.3 Å². The van der Waals surface area contributed by atoms with Gasteiger partial charge in [0.1, 0.15) is 11.6 Å². The maximum atomic E-state index is 13.4. The molecule has 0 aliphatic carbocycles. The minimum absolute atomic E-state index is 0.0673. The molecule has 1 saturated heterocycles. The van der Waals surface area contributed by atoms with E-state index in [-0.39, 0.29) is 16.5 Å². The van der Waals surface area contributed by atoms with Crippen LogP contribution in [0.5, 0.6) is 0 Å². The normalized spacial score (nSPS) is 14.1. The number of hydrogen-bond donors (Lipinski definition) is 0. The van der Waals surface area contributed by atoms with Gasteiger partial charge < -0.3 is 9.80 Å². The van der Waals surface area contributed by atoms with E-state index in [9.17, 15) is 14.0 Å². The summed E-state index contributed by atoms with van der Waals surface area (Å²) in [5, 5.41) is 4.49. The minimum Gasteiger partial charge on any atom is -0.352 e. The average Bonchev–Trinajstić information content (AvgIpc) is 2.77. The number of aromatic nitrogens is 2. The third-order valence-corrected chi connectivity index (χ3v) is 5.87. The van der Waals surface area contributed by atoms with Gasteiger partial charge in [-0.2, -0.15) is 4.68 Å². The molecule has 0 bridgehead atoms. The Morgan fingerprint density at radius 1 is 0.968 bits per heavy atom. The summed E-state index contributed by atoms with van der Waals surface area (Å²) in [5.74, 6) is -0.0580. The average molecular weight is 441 g/mol. The first kappa shape index (κ1) is 21.1. The van der Waals surface area contributed by atoms with E-state index < -0.39 is 5.82 Å². The van der Waals surface area contributed by atoms with E-state index >= 15 is 0 Å². The summed E-state index contributed by atoms with van der Waals surface area (Å²) < 4.78 is 14.8. The summed E-state index contributed by atoms with van der Waals surface area (Å²) in [6.45, 7) is 6.12. The van der Waals surface area contributed by atoms with Crippen LogP contribution in [0, 0.1) is 19.7 Å². The van der Waals surface area contributed by atoms with E-state index in [1.54, 1.807) is 11.0 Å². The smallest absolute Gasteiger partial charge is 0.271 e. The van der Waals surface area contributed by atoms with Crippen molar-refractivity contribution in [1.29, 1.82) is 0 Å². The molecule has 1 aliphatic rings. The predicted octanol–water partition coefficient (Wildman–Crippen LogP) is 3.60. The van der Waals surface area contributed by atoms with Crippen LogP contribution >= 0.6 is 11.6 Å². The lowest BCUT2D eigenvalue weighted by Crippen LogP contribution is -2.49. The SMILES string of the molecule is Cc1ccc(-n2nc(N3CCN(C(=O)c4ccc(F)c(Cl)c4)CC3)ccc2=O)cc1C. The Balaban J connectivity index is 1.50. The van der Waals surface area contributed by atoms with Gasteiger partial charge in [0.05, 0.1) is 10.7 Å². The summed E-state index contributed by atoms with van der Waals surface area (Å²) in [4.78, 5) is 28.9. The molecule has 160 valence electrons. The van der Waals surface area contributed by atoms with Crippen LogP contribution in [-0.4, -0.2) is 46.8 Å². The Kier molecular flexibility index (Phi) is 5.78. The Hall–Kier alpha value is -3.19. The molecular weight excluding hydrogens is 419 g/mol. The van der Waals surface area contributed by atoms with Gasteiger partial charge in [-0.3, -0.25) is 9.59 Å². The Morgan fingerprint density at radius 2 is 1.71 bits per heavy atom. The van der Waals surface area contributed by atoms with Crippen molar-refractivity contribution in [1.82, 2.24) is 14.7 Å². The first-order chi connectivity index (χ1) is 14.8. The molecule has 2 aromatic carbocycles. The fraction of sp³-hybridized carbons (Fsp3) is 0.261. The molecule has 0 N–H and O–H groups in total. The van der Waals surface area contributed by atoms with Crippen LogP contribution in [0.3, 0.4) is 0 Å². The molecule has 3 aromatic rings. The van der Waals surface area contributed by atoms with Gasteiger partial charge in [0, 0.05) is 37.8 Å². The molecule has 2 heterocycles. The summed E-state index contributed by atoms with van der Waals surface area (Å²) in [6, 6.07) is 13.0. The molecule has 6 nitrogen and oxygen atoms in total. The molecule has 1 amide bonds. The second kappa shape index (κ2) is 8.51. The van der Waals surface area contributed by atoms with E-state index in [4.69, 9.17) is 11.6 Å². The van der Waals surface area contributed by atoms with Crippen LogP contribution in [0.2, 0.25) is 5.02 Å². The first-order valence-electron chi connectivity index (χ1n) is 10.0. The molecule has 1 fully saturated rings. The van der Waals surface area contributed by atoms with Gasteiger partial charge in [0.15, 0.2) is 0 Å². The summed E-state index contributed by atoms with van der Waals surface area (Å²) in [6.07, 6.45) is 0. The van der Waals surface area contributed by atoms with Crippen molar-refractivity contribution in [3.8, 4) is 5.69 Å². The van der Waals surface area contributed by atoms with Crippen LogP contribution < -0.4 is 10.5 Å². The number of hydrogen-bond acceptors (Lipinski definition) is 4. The highest BCUT2D eigenvalue weighted by Gasteiger charge is 2.24. The zero-order valence-electron chi connectivity index (χ0n) is 17.3. The number of aryl methyl sites for hydroxylation is 2. The first-order valence-corrected chi connectivity index (χ1v) is 10.4. The van der Waals surface area contributed by atoms with Crippen molar-refractivity contribution < 1.29 is 9.18 Å². The van der Waals surface area contributed by atoms with Crippen molar-refractivity contribution in [3.05, 3.63) is 86.4 Å². The highest BCUT2D eigenvalue weighted by atomic mass is 35.5. The minimum atomic E-state index is -0.548. The molecule has 0 unspecified atom stereocenters. The Labute approximate surface area is 184 Å².